The number of nitrogens with two attached hydrogens (primary N) is 1. The Morgan fingerprint density at radius 1 is 1.10 bits per heavy atom. The molecule has 0 radical (unpaired) electrons. The first-order valence-electron chi connectivity index (χ1n) is 6.69. The number of pyridine rings is 1. The zero-order valence-electron chi connectivity index (χ0n) is 12.6. The summed E-state index contributed by atoms with van der Waals surface area (Å²) in [6.07, 6.45) is 0. The number of hydrogen-bond donors (Lipinski definition) is 1. The summed E-state index contributed by atoms with van der Waals surface area (Å²) >= 11 is 0. The first kappa shape index (κ1) is 15.1. The Hall–Kier alpha value is -2.27. The van der Waals surface area contributed by atoms with Crippen LogP contribution in [0.3, 0.4) is 0 Å². The molecule has 0 atom stereocenters. The third kappa shape index (κ3) is 3.64. The van der Waals surface area contributed by atoms with E-state index >= 15 is 0 Å². The van der Waals surface area contributed by atoms with Gasteiger partial charge in [-0.15, -0.1) is 0 Å². The molecule has 5 nitrogen and oxygen atoms in total. The topological polar surface area (TPSA) is 66.6 Å². The molecule has 0 saturated carbocycles. The standard InChI is InChI=1S/C16H20N2O3/c1-11-15(20-3)10-14(16(17)18-11)12-4-6-13(7-5-12)21-9-8-19-2/h4-7,10H,8-9H2,1-3H3,(H2,17,18). The average Bonchev–Trinajstić information content (AvgIpc) is 2.49. The molecular weight excluding hydrogens is 268 g/mol. The van der Waals surface area contributed by atoms with Gasteiger partial charge in [0.1, 0.15) is 23.9 Å². The van der Waals surface area contributed by atoms with Gasteiger partial charge in [0.15, 0.2) is 0 Å². The molecule has 0 bridgehead atoms. The van der Waals surface area contributed by atoms with Crippen LogP contribution in [0.1, 0.15) is 5.69 Å². The van der Waals surface area contributed by atoms with Crippen LogP contribution in [0.5, 0.6) is 11.5 Å². The van der Waals surface area contributed by atoms with Crippen LogP contribution in [0.25, 0.3) is 11.1 Å². The molecule has 112 valence electrons. The average molecular weight is 288 g/mol. The van der Waals surface area contributed by atoms with Gasteiger partial charge in [-0.05, 0) is 30.7 Å². The quantitative estimate of drug-likeness (QED) is 0.828. The fraction of sp³-hybridized carbons (Fsp3) is 0.312. The largest absolute Gasteiger partial charge is 0.495 e. The lowest BCUT2D eigenvalue weighted by Crippen LogP contribution is -2.04. The molecule has 2 rings (SSSR count). The van der Waals surface area contributed by atoms with Crippen molar-refractivity contribution in [2.24, 2.45) is 0 Å². The van der Waals surface area contributed by atoms with E-state index < -0.39 is 0 Å². The summed E-state index contributed by atoms with van der Waals surface area (Å²) in [7, 11) is 3.27. The Bertz CT molecular complexity index is 597. The zero-order chi connectivity index (χ0) is 15.2. The molecule has 0 aliphatic heterocycles. The van der Waals surface area contributed by atoms with Crippen molar-refractivity contribution in [3.8, 4) is 22.6 Å². The van der Waals surface area contributed by atoms with Crippen molar-refractivity contribution < 1.29 is 14.2 Å². The summed E-state index contributed by atoms with van der Waals surface area (Å²) in [5, 5.41) is 0. The van der Waals surface area contributed by atoms with Gasteiger partial charge in [0.2, 0.25) is 0 Å². The summed E-state index contributed by atoms with van der Waals surface area (Å²) < 4.78 is 15.8. The van der Waals surface area contributed by atoms with E-state index in [0.29, 0.717) is 19.0 Å². The van der Waals surface area contributed by atoms with Crippen molar-refractivity contribution in [2.75, 3.05) is 33.2 Å². The Morgan fingerprint density at radius 3 is 2.43 bits per heavy atom. The van der Waals surface area contributed by atoms with E-state index in [1.165, 1.54) is 0 Å². The highest BCUT2D eigenvalue weighted by molar-refractivity contribution is 5.75. The normalized spacial score (nSPS) is 10.4. The van der Waals surface area contributed by atoms with Crippen LogP contribution in [0, 0.1) is 6.92 Å². The maximum atomic E-state index is 6.00. The maximum absolute atomic E-state index is 6.00. The fourth-order valence-corrected chi connectivity index (χ4v) is 2.02. The number of aromatic nitrogens is 1. The molecule has 0 fully saturated rings. The van der Waals surface area contributed by atoms with Crippen LogP contribution >= 0.6 is 0 Å². The molecule has 0 unspecified atom stereocenters. The number of anilines is 1. The molecule has 0 saturated heterocycles. The van der Waals surface area contributed by atoms with Crippen LogP contribution in [-0.2, 0) is 4.74 Å². The van der Waals surface area contributed by atoms with Gasteiger partial charge < -0.3 is 19.9 Å². The van der Waals surface area contributed by atoms with Crippen LogP contribution in [0.4, 0.5) is 5.82 Å². The maximum Gasteiger partial charge on any atom is 0.140 e. The van der Waals surface area contributed by atoms with Gasteiger partial charge in [-0.25, -0.2) is 4.98 Å². The Balaban J connectivity index is 2.22. The molecule has 1 aromatic carbocycles. The van der Waals surface area contributed by atoms with Crippen molar-refractivity contribution in [1.82, 2.24) is 4.98 Å². The number of ether oxygens (including phenoxy) is 3. The molecule has 1 heterocycles. The summed E-state index contributed by atoms with van der Waals surface area (Å²) in [4.78, 5) is 4.31. The van der Waals surface area contributed by atoms with E-state index in [0.717, 1.165) is 28.3 Å². The highest BCUT2D eigenvalue weighted by atomic mass is 16.5. The highest BCUT2D eigenvalue weighted by Crippen LogP contribution is 2.31. The monoisotopic (exact) mass is 288 g/mol. The minimum atomic E-state index is 0.487. The number of methoxy groups -OCH3 is 2. The van der Waals surface area contributed by atoms with E-state index in [1.54, 1.807) is 14.2 Å². The van der Waals surface area contributed by atoms with Crippen molar-refractivity contribution in [2.45, 2.75) is 6.92 Å². The predicted molar refractivity (Wildman–Crippen MR) is 82.7 cm³/mol. The fourth-order valence-electron chi connectivity index (χ4n) is 2.02. The van der Waals surface area contributed by atoms with Crippen LogP contribution in [0.2, 0.25) is 0 Å². The molecule has 0 amide bonds. The van der Waals surface area contributed by atoms with Gasteiger partial charge in [-0.2, -0.15) is 0 Å². The minimum absolute atomic E-state index is 0.487. The van der Waals surface area contributed by atoms with E-state index in [4.69, 9.17) is 19.9 Å². The van der Waals surface area contributed by atoms with Gasteiger partial charge in [0.05, 0.1) is 19.4 Å². The second-order valence-corrected chi connectivity index (χ2v) is 4.57. The van der Waals surface area contributed by atoms with Crippen molar-refractivity contribution in [3.05, 3.63) is 36.0 Å². The first-order chi connectivity index (χ1) is 10.2. The Kier molecular flexibility index (Phi) is 5.00. The smallest absolute Gasteiger partial charge is 0.140 e. The van der Waals surface area contributed by atoms with Crippen molar-refractivity contribution in [3.63, 3.8) is 0 Å². The summed E-state index contributed by atoms with van der Waals surface area (Å²) in [6, 6.07) is 9.60. The van der Waals surface area contributed by atoms with Gasteiger partial charge in [0, 0.05) is 12.7 Å². The van der Waals surface area contributed by atoms with Gasteiger partial charge >= 0.3 is 0 Å². The molecule has 1 aromatic heterocycles. The predicted octanol–water partition coefficient (Wildman–Crippen LogP) is 2.67. The zero-order valence-corrected chi connectivity index (χ0v) is 12.6. The molecular formula is C16H20N2O3. The Labute approximate surface area is 124 Å². The summed E-state index contributed by atoms with van der Waals surface area (Å²) in [6.45, 7) is 2.96. The van der Waals surface area contributed by atoms with Gasteiger partial charge in [-0.1, -0.05) is 12.1 Å². The number of nitrogen functional groups attached to an aromatic ring is 1. The number of rotatable bonds is 6. The second-order valence-electron chi connectivity index (χ2n) is 4.57. The number of benzene rings is 1. The van der Waals surface area contributed by atoms with Crippen LogP contribution in [-0.4, -0.2) is 32.4 Å². The highest BCUT2D eigenvalue weighted by Gasteiger charge is 2.09. The van der Waals surface area contributed by atoms with Crippen molar-refractivity contribution in [1.29, 1.82) is 0 Å². The number of aryl methyl sites for hydroxylation is 1. The summed E-state index contributed by atoms with van der Waals surface area (Å²) in [5.41, 5.74) is 8.59. The van der Waals surface area contributed by atoms with E-state index in [9.17, 15) is 0 Å². The molecule has 0 aliphatic carbocycles. The van der Waals surface area contributed by atoms with E-state index in [-0.39, 0.29) is 0 Å². The third-order valence-corrected chi connectivity index (χ3v) is 3.14. The lowest BCUT2D eigenvalue weighted by atomic mass is 10.1. The molecule has 5 heteroatoms. The van der Waals surface area contributed by atoms with Crippen molar-refractivity contribution >= 4 is 5.82 Å². The summed E-state index contributed by atoms with van der Waals surface area (Å²) in [5.74, 6) is 2.00. The minimum Gasteiger partial charge on any atom is -0.495 e. The van der Waals surface area contributed by atoms with Crippen LogP contribution < -0.4 is 15.2 Å². The van der Waals surface area contributed by atoms with E-state index in [2.05, 4.69) is 4.98 Å². The SMILES string of the molecule is COCCOc1ccc(-c2cc(OC)c(C)nc2N)cc1. The molecule has 2 N–H and O–H groups in total. The first-order valence-corrected chi connectivity index (χ1v) is 6.69. The second kappa shape index (κ2) is 6.95. The number of hydrogen-bond acceptors (Lipinski definition) is 5. The third-order valence-electron chi connectivity index (χ3n) is 3.14. The van der Waals surface area contributed by atoms with E-state index in [1.807, 2.05) is 37.3 Å². The molecule has 21 heavy (non-hydrogen) atoms. The lowest BCUT2D eigenvalue weighted by Gasteiger charge is -2.11. The number of nitrogens with zero attached hydrogens (tertiary/aromatic N) is 1. The molecule has 2 aromatic rings. The Morgan fingerprint density at radius 2 is 1.81 bits per heavy atom. The molecule has 0 spiro atoms. The lowest BCUT2D eigenvalue weighted by molar-refractivity contribution is 0.146. The molecule has 0 aliphatic rings. The van der Waals surface area contributed by atoms with Gasteiger partial charge in [-0.3, -0.25) is 0 Å². The van der Waals surface area contributed by atoms with Crippen LogP contribution in [0.15, 0.2) is 30.3 Å². The van der Waals surface area contributed by atoms with Gasteiger partial charge in [0.25, 0.3) is 0 Å².